The van der Waals surface area contributed by atoms with Crippen LogP contribution in [0.25, 0.3) is 11.4 Å². The molecule has 3 aromatic rings. The van der Waals surface area contributed by atoms with Crippen molar-refractivity contribution in [1.82, 2.24) is 29.7 Å². The van der Waals surface area contributed by atoms with E-state index in [-0.39, 0.29) is 28.5 Å². The van der Waals surface area contributed by atoms with E-state index in [0.29, 0.717) is 0 Å². The summed E-state index contributed by atoms with van der Waals surface area (Å²) in [6, 6.07) is 0. The van der Waals surface area contributed by atoms with Crippen LogP contribution in [0, 0.1) is 0 Å². The average molecular weight is 408 g/mol. The number of aromatic nitrogens is 6. The molecule has 0 aromatic carbocycles. The summed E-state index contributed by atoms with van der Waals surface area (Å²) in [5, 5.41) is 6.32. The molecule has 0 aliphatic heterocycles. The molecule has 11 nitrogen and oxygen atoms in total. The molecule has 0 radical (unpaired) electrons. The maximum Gasteiger partial charge on any atom is 0.451 e. The summed E-state index contributed by atoms with van der Waals surface area (Å²) in [5.41, 5.74) is 5.25. The van der Waals surface area contributed by atoms with E-state index in [1.165, 1.54) is 30.3 Å². The zero-order valence-electron chi connectivity index (χ0n) is 14.5. The van der Waals surface area contributed by atoms with Gasteiger partial charge in [-0.3, -0.25) is 4.79 Å². The van der Waals surface area contributed by atoms with Crippen LogP contribution in [-0.4, -0.2) is 41.7 Å². The average Bonchev–Trinajstić information content (AvgIpc) is 3.02. The normalized spacial score (nSPS) is 11.2. The predicted octanol–water partition coefficient (Wildman–Crippen LogP) is 1.40. The number of anilines is 1. The number of hydrogen-bond acceptors (Lipinski definition) is 8. The number of rotatable bonds is 4. The predicted molar refractivity (Wildman–Crippen MR) is 89.4 cm³/mol. The lowest BCUT2D eigenvalue weighted by Crippen LogP contribution is -2.18. The number of nitrogens with zero attached hydrogens (tertiary/aromatic N) is 6. The standard InChI is InChI=1S/C15H11F3N8O3/c1-26-12(29-14(19)28)9(6-24-26)10-20-4-8(5-21-10)25-11(27)7-2-22-13(23-3-7)15(16,17)18/h2-6H,1H3,(H2,19,28)(H,25,27). The van der Waals surface area contributed by atoms with Gasteiger partial charge in [0.1, 0.15) is 5.56 Å². The Bertz CT molecular complexity index is 1050. The molecule has 0 spiro atoms. The van der Waals surface area contributed by atoms with Gasteiger partial charge in [-0.25, -0.2) is 29.4 Å². The maximum atomic E-state index is 12.5. The Hall–Kier alpha value is -4.10. The summed E-state index contributed by atoms with van der Waals surface area (Å²) >= 11 is 0. The summed E-state index contributed by atoms with van der Waals surface area (Å²) in [4.78, 5) is 37.4. The molecule has 29 heavy (non-hydrogen) atoms. The number of alkyl halides is 3. The molecule has 0 fully saturated rings. The van der Waals surface area contributed by atoms with Gasteiger partial charge in [-0.15, -0.1) is 0 Å². The highest BCUT2D eigenvalue weighted by Crippen LogP contribution is 2.27. The van der Waals surface area contributed by atoms with Crippen LogP contribution in [-0.2, 0) is 13.2 Å². The Morgan fingerprint density at radius 2 is 1.69 bits per heavy atom. The van der Waals surface area contributed by atoms with E-state index in [0.717, 1.165) is 12.4 Å². The number of nitrogens with one attached hydrogen (secondary N) is 1. The first kappa shape index (κ1) is 19.7. The smallest absolute Gasteiger partial charge is 0.391 e. The fraction of sp³-hybridized carbons (Fsp3) is 0.133. The largest absolute Gasteiger partial charge is 0.451 e. The van der Waals surface area contributed by atoms with E-state index >= 15 is 0 Å². The van der Waals surface area contributed by atoms with E-state index in [4.69, 9.17) is 10.5 Å². The third kappa shape index (κ3) is 4.42. The molecule has 3 heterocycles. The Labute approximate surface area is 159 Å². The number of nitrogens with two attached hydrogens (primary N) is 1. The zero-order valence-corrected chi connectivity index (χ0v) is 14.5. The Balaban J connectivity index is 1.74. The molecule has 0 bridgehead atoms. The molecule has 0 saturated heterocycles. The monoisotopic (exact) mass is 408 g/mol. The quantitative estimate of drug-likeness (QED) is 0.657. The topological polar surface area (TPSA) is 151 Å². The van der Waals surface area contributed by atoms with Gasteiger partial charge in [-0.05, 0) is 0 Å². The summed E-state index contributed by atoms with van der Waals surface area (Å²) in [6.45, 7) is 0. The minimum atomic E-state index is -4.71. The van der Waals surface area contributed by atoms with E-state index in [1.54, 1.807) is 0 Å². The van der Waals surface area contributed by atoms with Crippen molar-refractivity contribution in [3.8, 4) is 17.3 Å². The van der Waals surface area contributed by atoms with Crippen molar-refractivity contribution in [3.05, 3.63) is 42.4 Å². The summed E-state index contributed by atoms with van der Waals surface area (Å²) in [5.74, 6) is -1.96. The highest BCUT2D eigenvalue weighted by molar-refractivity contribution is 6.03. The van der Waals surface area contributed by atoms with E-state index in [9.17, 15) is 22.8 Å². The molecular formula is C15H11F3N8O3. The highest BCUT2D eigenvalue weighted by Gasteiger charge is 2.34. The number of hydrogen-bond donors (Lipinski definition) is 2. The molecule has 150 valence electrons. The van der Waals surface area contributed by atoms with Crippen LogP contribution in [0.1, 0.15) is 16.2 Å². The SMILES string of the molecule is Cn1ncc(-c2ncc(NC(=O)c3cnc(C(F)(F)F)nc3)cn2)c1OC(N)=O. The number of amides is 2. The molecule has 0 atom stereocenters. The number of carbonyl (C=O) groups excluding carboxylic acids is 2. The van der Waals surface area contributed by atoms with Gasteiger partial charge in [-0.2, -0.15) is 18.3 Å². The molecule has 3 aromatic heterocycles. The Morgan fingerprint density at radius 1 is 1.07 bits per heavy atom. The molecule has 0 unspecified atom stereocenters. The van der Waals surface area contributed by atoms with Crippen LogP contribution in [0.4, 0.5) is 23.7 Å². The van der Waals surface area contributed by atoms with Crippen molar-refractivity contribution >= 4 is 17.7 Å². The molecule has 3 N–H and O–H groups in total. The van der Waals surface area contributed by atoms with Gasteiger partial charge < -0.3 is 15.8 Å². The number of carbonyl (C=O) groups is 2. The lowest BCUT2D eigenvalue weighted by Gasteiger charge is -2.07. The number of aryl methyl sites for hydroxylation is 1. The fourth-order valence-electron chi connectivity index (χ4n) is 2.12. The first-order chi connectivity index (χ1) is 13.6. The molecule has 0 aliphatic rings. The molecule has 0 saturated carbocycles. The van der Waals surface area contributed by atoms with E-state index in [1.807, 2.05) is 0 Å². The van der Waals surface area contributed by atoms with Crippen molar-refractivity contribution in [2.75, 3.05) is 5.32 Å². The van der Waals surface area contributed by atoms with Gasteiger partial charge in [0.25, 0.3) is 5.91 Å². The van der Waals surface area contributed by atoms with Gasteiger partial charge in [0.2, 0.25) is 11.7 Å². The van der Waals surface area contributed by atoms with Gasteiger partial charge in [0, 0.05) is 19.4 Å². The van der Waals surface area contributed by atoms with Crippen molar-refractivity contribution in [2.24, 2.45) is 12.8 Å². The summed E-state index contributed by atoms with van der Waals surface area (Å²) in [7, 11) is 1.52. The van der Waals surface area contributed by atoms with Crippen LogP contribution >= 0.6 is 0 Å². The number of ether oxygens (including phenoxy) is 1. The minimum absolute atomic E-state index is 0.0242. The highest BCUT2D eigenvalue weighted by atomic mass is 19.4. The fourth-order valence-corrected chi connectivity index (χ4v) is 2.12. The van der Waals surface area contributed by atoms with Gasteiger partial charge >= 0.3 is 12.3 Å². The first-order valence-electron chi connectivity index (χ1n) is 7.67. The van der Waals surface area contributed by atoms with Crippen molar-refractivity contribution in [2.45, 2.75) is 6.18 Å². The van der Waals surface area contributed by atoms with Gasteiger partial charge in [0.15, 0.2) is 5.82 Å². The van der Waals surface area contributed by atoms with E-state index < -0.39 is 24.0 Å². The summed E-state index contributed by atoms with van der Waals surface area (Å²) in [6.07, 6.45) is -0.406. The second kappa shape index (κ2) is 7.49. The lowest BCUT2D eigenvalue weighted by atomic mass is 10.3. The van der Waals surface area contributed by atoms with Crippen molar-refractivity contribution in [3.63, 3.8) is 0 Å². The van der Waals surface area contributed by atoms with Gasteiger partial charge in [-0.1, -0.05) is 0 Å². The molecule has 2 amide bonds. The van der Waals surface area contributed by atoms with E-state index in [2.05, 4.69) is 30.4 Å². The van der Waals surface area contributed by atoms with Gasteiger partial charge in [0.05, 0.1) is 29.8 Å². The van der Waals surface area contributed by atoms with Crippen LogP contribution in [0.15, 0.2) is 31.0 Å². The van der Waals surface area contributed by atoms with Crippen LogP contribution in [0.3, 0.4) is 0 Å². The Morgan fingerprint density at radius 3 is 2.24 bits per heavy atom. The molecule has 14 heteroatoms. The van der Waals surface area contributed by atoms with Crippen LogP contribution < -0.4 is 15.8 Å². The maximum absolute atomic E-state index is 12.5. The second-order valence-electron chi connectivity index (χ2n) is 5.45. The first-order valence-corrected chi connectivity index (χ1v) is 7.67. The molecule has 0 aliphatic carbocycles. The number of halogens is 3. The third-order valence-corrected chi connectivity index (χ3v) is 3.40. The van der Waals surface area contributed by atoms with Crippen molar-refractivity contribution < 1.29 is 27.5 Å². The third-order valence-electron chi connectivity index (χ3n) is 3.40. The molecular weight excluding hydrogens is 397 g/mol. The van der Waals surface area contributed by atoms with Crippen LogP contribution in [0.5, 0.6) is 5.88 Å². The van der Waals surface area contributed by atoms with Crippen molar-refractivity contribution in [1.29, 1.82) is 0 Å². The minimum Gasteiger partial charge on any atom is -0.391 e. The second-order valence-corrected chi connectivity index (χ2v) is 5.45. The lowest BCUT2D eigenvalue weighted by molar-refractivity contribution is -0.145. The van der Waals surface area contributed by atoms with Crippen LogP contribution in [0.2, 0.25) is 0 Å². The Kier molecular flexibility index (Phi) is 5.08. The zero-order chi connectivity index (χ0) is 21.2. The molecule has 3 rings (SSSR count). The number of primary amides is 1. The summed E-state index contributed by atoms with van der Waals surface area (Å²) < 4.78 is 43.5.